The van der Waals surface area contributed by atoms with Crippen LogP contribution in [0.1, 0.15) is 38.5 Å². The molecule has 2 atom stereocenters. The van der Waals surface area contributed by atoms with Gasteiger partial charge >= 0.3 is 0 Å². The third-order valence-electron chi connectivity index (χ3n) is 5.37. The number of piperidine rings is 1. The van der Waals surface area contributed by atoms with Crippen molar-refractivity contribution in [2.45, 2.75) is 49.5 Å². The molecule has 1 aliphatic heterocycles. The van der Waals surface area contributed by atoms with Crippen LogP contribution in [0.5, 0.6) is 0 Å². The molecule has 0 bridgehead atoms. The van der Waals surface area contributed by atoms with E-state index in [9.17, 15) is 8.42 Å². The second-order valence-electron chi connectivity index (χ2n) is 7.19. The van der Waals surface area contributed by atoms with Crippen LogP contribution < -0.4 is 5.32 Å². The molecule has 0 radical (unpaired) electrons. The van der Waals surface area contributed by atoms with Crippen molar-refractivity contribution < 1.29 is 8.42 Å². The first kappa shape index (κ1) is 18.6. The van der Waals surface area contributed by atoms with Gasteiger partial charge in [-0.3, -0.25) is 0 Å². The number of sulfonamides is 1. The van der Waals surface area contributed by atoms with Crippen LogP contribution in [0.25, 0.3) is 0 Å². The quantitative estimate of drug-likeness (QED) is 0.814. The zero-order valence-corrected chi connectivity index (χ0v) is 16.6. The molecule has 138 valence electrons. The van der Waals surface area contributed by atoms with Gasteiger partial charge in [0.25, 0.3) is 0 Å². The number of nitrogens with one attached hydrogen (secondary N) is 1. The third kappa shape index (κ3) is 3.99. The molecule has 0 spiro atoms. The lowest BCUT2D eigenvalue weighted by molar-refractivity contribution is 0.121. The Balaban J connectivity index is 1.75. The summed E-state index contributed by atoms with van der Waals surface area (Å²) in [7, 11) is -0.365. The van der Waals surface area contributed by atoms with Crippen LogP contribution in [0, 0.1) is 5.92 Å². The largest absolute Gasteiger partial charge is 0.346 e. The first-order valence-electron chi connectivity index (χ1n) is 9.00. The van der Waals surface area contributed by atoms with E-state index in [2.05, 4.69) is 10.2 Å². The van der Waals surface area contributed by atoms with Gasteiger partial charge in [-0.1, -0.05) is 18.9 Å². The predicted molar refractivity (Wildman–Crippen MR) is 105 cm³/mol. The van der Waals surface area contributed by atoms with Gasteiger partial charge in [-0.25, -0.2) is 12.7 Å². The molecule has 0 aromatic heterocycles. The number of hydrogen-bond acceptors (Lipinski definition) is 3. The number of thiocarbonyl (C=S) groups is 1. The molecule has 1 N–H and O–H groups in total. The minimum atomic E-state index is -3.44. The van der Waals surface area contributed by atoms with Gasteiger partial charge in [0.05, 0.1) is 4.90 Å². The highest BCUT2D eigenvalue weighted by atomic mass is 32.2. The van der Waals surface area contributed by atoms with E-state index < -0.39 is 10.0 Å². The SMILES string of the molecule is CN(C)S(=O)(=O)c1cccc(NC(=S)N2CCC[C@H]3CCCC[C@H]32)c1. The molecule has 1 aliphatic carbocycles. The highest BCUT2D eigenvalue weighted by Gasteiger charge is 2.34. The number of hydrogen-bond donors (Lipinski definition) is 1. The molecule has 1 aromatic carbocycles. The Morgan fingerprint density at radius 3 is 2.68 bits per heavy atom. The number of anilines is 1. The van der Waals surface area contributed by atoms with Gasteiger partial charge in [0.15, 0.2) is 5.11 Å². The summed E-state index contributed by atoms with van der Waals surface area (Å²) in [6, 6.07) is 7.42. The van der Waals surface area contributed by atoms with Crippen molar-refractivity contribution in [2.24, 2.45) is 5.92 Å². The lowest BCUT2D eigenvalue weighted by atomic mass is 9.78. The number of fused-ring (bicyclic) bond motifs is 1. The van der Waals surface area contributed by atoms with Crippen molar-refractivity contribution in [3.63, 3.8) is 0 Å². The maximum Gasteiger partial charge on any atom is 0.242 e. The normalized spacial score (nSPS) is 24.0. The van der Waals surface area contributed by atoms with Crippen LogP contribution in [-0.2, 0) is 10.0 Å². The lowest BCUT2D eigenvalue weighted by Gasteiger charge is -2.45. The first-order valence-corrected chi connectivity index (χ1v) is 10.8. The Morgan fingerprint density at radius 1 is 1.20 bits per heavy atom. The van der Waals surface area contributed by atoms with Crippen LogP contribution >= 0.6 is 12.2 Å². The second-order valence-corrected chi connectivity index (χ2v) is 9.73. The molecule has 0 amide bonds. The molecule has 0 unspecified atom stereocenters. The van der Waals surface area contributed by atoms with Crippen LogP contribution in [-0.4, -0.2) is 49.4 Å². The summed E-state index contributed by atoms with van der Waals surface area (Å²) >= 11 is 5.67. The zero-order chi connectivity index (χ0) is 18.0. The Bertz CT molecular complexity index is 732. The molecule has 3 rings (SSSR count). The van der Waals surface area contributed by atoms with E-state index in [4.69, 9.17) is 12.2 Å². The van der Waals surface area contributed by atoms with Gasteiger partial charge in [-0.05, 0) is 62.0 Å². The van der Waals surface area contributed by atoms with Crippen LogP contribution in [0.4, 0.5) is 5.69 Å². The Hall–Kier alpha value is -1.18. The molecule has 1 aromatic rings. The summed E-state index contributed by atoms with van der Waals surface area (Å²) in [4.78, 5) is 2.61. The summed E-state index contributed by atoms with van der Waals surface area (Å²) < 4.78 is 25.9. The van der Waals surface area contributed by atoms with E-state index in [-0.39, 0.29) is 4.90 Å². The predicted octanol–water partition coefficient (Wildman–Crippen LogP) is 3.29. The molecule has 1 heterocycles. The van der Waals surface area contributed by atoms with Gasteiger partial charge in [0, 0.05) is 32.4 Å². The summed E-state index contributed by atoms with van der Waals surface area (Å²) in [6.45, 7) is 0.989. The van der Waals surface area contributed by atoms with Crippen LogP contribution in [0.3, 0.4) is 0 Å². The minimum Gasteiger partial charge on any atom is -0.346 e. The summed E-state index contributed by atoms with van der Waals surface area (Å²) in [5.74, 6) is 0.753. The molecule has 5 nitrogen and oxygen atoms in total. The van der Waals surface area contributed by atoms with E-state index in [0.717, 1.165) is 23.3 Å². The summed E-state index contributed by atoms with van der Waals surface area (Å²) in [6.07, 6.45) is 7.61. The van der Waals surface area contributed by atoms with Crippen molar-refractivity contribution >= 4 is 33.0 Å². The monoisotopic (exact) mass is 381 g/mol. The molecule has 2 aliphatic rings. The second kappa shape index (κ2) is 7.60. The fraction of sp³-hybridized carbons (Fsp3) is 0.611. The van der Waals surface area contributed by atoms with Crippen LogP contribution in [0.2, 0.25) is 0 Å². The summed E-state index contributed by atoms with van der Waals surface area (Å²) in [5, 5.41) is 3.99. The molecular formula is C18H27N3O2S2. The fourth-order valence-corrected chi connectivity index (χ4v) is 5.31. The smallest absolute Gasteiger partial charge is 0.242 e. The molecule has 25 heavy (non-hydrogen) atoms. The van der Waals surface area contributed by atoms with Gasteiger partial charge in [-0.2, -0.15) is 0 Å². The zero-order valence-electron chi connectivity index (χ0n) is 14.9. The minimum absolute atomic E-state index is 0.277. The third-order valence-corrected chi connectivity index (χ3v) is 7.52. The van der Waals surface area contributed by atoms with Gasteiger partial charge in [0.2, 0.25) is 10.0 Å². The lowest BCUT2D eigenvalue weighted by Crippen LogP contribution is -2.51. The molecule has 1 saturated carbocycles. The van der Waals surface area contributed by atoms with Crippen molar-refractivity contribution in [1.29, 1.82) is 0 Å². The molecule has 1 saturated heterocycles. The standard InChI is InChI=1S/C18H27N3O2S2/c1-20(2)25(22,23)16-10-5-9-15(13-16)19-18(24)21-12-6-8-14-7-3-4-11-17(14)21/h5,9-10,13-14,17H,3-4,6-8,11-12H2,1-2H3,(H,19,24)/t14-,17-/m1/s1. The molecular weight excluding hydrogens is 354 g/mol. The van der Waals surface area contributed by atoms with Crippen molar-refractivity contribution in [1.82, 2.24) is 9.21 Å². The first-order chi connectivity index (χ1) is 11.9. The highest BCUT2D eigenvalue weighted by molar-refractivity contribution is 7.89. The van der Waals surface area contributed by atoms with Crippen LogP contribution in [0.15, 0.2) is 29.2 Å². The highest BCUT2D eigenvalue weighted by Crippen LogP contribution is 2.35. The van der Waals surface area contributed by atoms with E-state index >= 15 is 0 Å². The van der Waals surface area contributed by atoms with E-state index in [1.165, 1.54) is 56.9 Å². The average Bonchev–Trinajstić information content (AvgIpc) is 2.61. The fourth-order valence-electron chi connectivity index (χ4n) is 4.02. The topological polar surface area (TPSA) is 52.7 Å². The van der Waals surface area contributed by atoms with Crippen molar-refractivity contribution in [3.05, 3.63) is 24.3 Å². The number of nitrogens with zero attached hydrogens (tertiary/aromatic N) is 2. The Labute approximate surface area is 156 Å². The maximum atomic E-state index is 12.3. The average molecular weight is 382 g/mol. The van der Waals surface area contributed by atoms with Gasteiger partial charge < -0.3 is 10.2 Å². The molecule has 7 heteroatoms. The van der Waals surface area contributed by atoms with E-state index in [0.29, 0.717) is 6.04 Å². The maximum absolute atomic E-state index is 12.3. The van der Waals surface area contributed by atoms with Gasteiger partial charge in [-0.15, -0.1) is 0 Å². The summed E-state index contributed by atoms with van der Waals surface area (Å²) in [5.41, 5.74) is 0.728. The van der Waals surface area contributed by atoms with E-state index in [1.54, 1.807) is 18.2 Å². The Morgan fingerprint density at radius 2 is 1.92 bits per heavy atom. The number of benzene rings is 1. The van der Waals surface area contributed by atoms with Crippen molar-refractivity contribution in [3.8, 4) is 0 Å². The van der Waals surface area contributed by atoms with Crippen molar-refractivity contribution in [2.75, 3.05) is 26.0 Å². The molecule has 2 fully saturated rings. The van der Waals surface area contributed by atoms with E-state index in [1.807, 2.05) is 6.07 Å². The number of rotatable bonds is 3. The number of likely N-dealkylation sites (tertiary alicyclic amines) is 1. The van der Waals surface area contributed by atoms with Gasteiger partial charge in [0.1, 0.15) is 0 Å². The Kier molecular flexibility index (Phi) is 5.65.